The number of rotatable bonds is 7. The van der Waals surface area contributed by atoms with Crippen LogP contribution in [0.1, 0.15) is 61.6 Å². The van der Waals surface area contributed by atoms with Crippen LogP contribution in [0, 0.1) is 0 Å². The molecule has 1 fully saturated rings. The Morgan fingerprint density at radius 1 is 0.900 bits per heavy atom. The van der Waals surface area contributed by atoms with Crippen molar-refractivity contribution in [2.24, 2.45) is 0 Å². The number of likely N-dealkylation sites (tertiary alicyclic amines) is 1. The van der Waals surface area contributed by atoms with Crippen LogP contribution in [0.25, 0.3) is 5.57 Å². The number of carboxylic acids is 1. The van der Waals surface area contributed by atoms with Crippen LogP contribution >= 0.6 is 11.8 Å². The first-order chi connectivity index (χ1) is 14.7. The summed E-state index contributed by atoms with van der Waals surface area (Å²) >= 11 is 1.96. The molecule has 2 aromatic rings. The van der Waals surface area contributed by atoms with Crippen molar-refractivity contribution in [2.75, 3.05) is 19.6 Å². The molecule has 0 saturated carbocycles. The Morgan fingerprint density at radius 2 is 1.60 bits per heavy atom. The van der Waals surface area contributed by atoms with Crippen molar-refractivity contribution in [2.45, 2.75) is 55.6 Å². The van der Waals surface area contributed by atoms with Crippen LogP contribution < -0.4 is 0 Å². The number of piperidine rings is 1. The highest BCUT2D eigenvalue weighted by atomic mass is 32.2. The highest BCUT2D eigenvalue weighted by Crippen LogP contribution is 2.43. The van der Waals surface area contributed by atoms with Crippen LogP contribution in [0.3, 0.4) is 0 Å². The lowest BCUT2D eigenvalue weighted by Gasteiger charge is -2.30. The van der Waals surface area contributed by atoms with Crippen LogP contribution in [0.2, 0.25) is 0 Å². The minimum Gasteiger partial charge on any atom is -0.481 e. The average molecular weight is 422 g/mol. The molecule has 0 aromatic heterocycles. The summed E-state index contributed by atoms with van der Waals surface area (Å²) in [5.41, 5.74) is 7.38. The van der Waals surface area contributed by atoms with Gasteiger partial charge in [-0.05, 0) is 60.6 Å². The molecule has 2 aliphatic rings. The van der Waals surface area contributed by atoms with Gasteiger partial charge in [0.25, 0.3) is 0 Å². The molecule has 4 heteroatoms. The fourth-order valence-corrected chi connectivity index (χ4v) is 5.70. The molecule has 1 saturated heterocycles. The number of hydrogen-bond acceptors (Lipinski definition) is 3. The van der Waals surface area contributed by atoms with Gasteiger partial charge < -0.3 is 10.0 Å². The van der Waals surface area contributed by atoms with Crippen molar-refractivity contribution in [1.29, 1.82) is 0 Å². The standard InChI is InChI=1S/C26H31NO2S/c28-25(29)13-3-1-2-8-16-27-17-14-20(15-18-27)26-22-10-5-4-9-21(22)19-30-24-12-7-6-11-23(24)26/h4-7,9-12H,1-3,8,13-19H2,(H,28,29). The second-order valence-corrected chi connectivity index (χ2v) is 9.34. The highest BCUT2D eigenvalue weighted by Gasteiger charge is 2.23. The first-order valence-electron chi connectivity index (χ1n) is 11.2. The predicted molar refractivity (Wildman–Crippen MR) is 125 cm³/mol. The molecule has 0 unspecified atom stereocenters. The molecular formula is C26H31NO2S. The second-order valence-electron chi connectivity index (χ2n) is 8.32. The van der Waals surface area contributed by atoms with E-state index in [0.717, 1.165) is 57.5 Å². The zero-order valence-electron chi connectivity index (χ0n) is 17.6. The maximum absolute atomic E-state index is 10.6. The number of fused-ring (bicyclic) bond motifs is 2. The summed E-state index contributed by atoms with van der Waals surface area (Å²) in [6.45, 7) is 3.40. The Balaban J connectivity index is 1.43. The highest BCUT2D eigenvalue weighted by molar-refractivity contribution is 7.98. The summed E-state index contributed by atoms with van der Waals surface area (Å²) in [5, 5.41) is 8.73. The normalized spacial score (nSPS) is 16.7. The quantitative estimate of drug-likeness (QED) is 0.538. The summed E-state index contributed by atoms with van der Waals surface area (Å²) in [7, 11) is 0. The first kappa shape index (κ1) is 21.2. The number of carbonyl (C=O) groups is 1. The third kappa shape index (κ3) is 5.16. The maximum Gasteiger partial charge on any atom is 0.303 e. The van der Waals surface area contributed by atoms with Gasteiger partial charge in [0.05, 0.1) is 0 Å². The van der Waals surface area contributed by atoms with Gasteiger partial charge in [0.1, 0.15) is 0 Å². The van der Waals surface area contributed by atoms with Crippen LogP contribution in [0.15, 0.2) is 59.0 Å². The second kappa shape index (κ2) is 10.3. The SMILES string of the molecule is O=C(O)CCCCCCN1CCC(=C2c3ccccc3CSc3ccccc32)CC1. The van der Waals surface area contributed by atoms with Gasteiger partial charge in [-0.25, -0.2) is 0 Å². The molecule has 3 nitrogen and oxygen atoms in total. The van der Waals surface area contributed by atoms with Gasteiger partial charge in [0, 0.05) is 30.2 Å². The molecule has 2 aromatic carbocycles. The molecule has 1 N–H and O–H groups in total. The van der Waals surface area contributed by atoms with Gasteiger partial charge in [0.15, 0.2) is 0 Å². The van der Waals surface area contributed by atoms with Crippen molar-refractivity contribution in [3.05, 3.63) is 70.8 Å². The van der Waals surface area contributed by atoms with Gasteiger partial charge in [-0.3, -0.25) is 4.79 Å². The Morgan fingerprint density at radius 3 is 2.40 bits per heavy atom. The molecule has 0 spiro atoms. The molecule has 0 bridgehead atoms. The number of benzene rings is 2. The summed E-state index contributed by atoms with van der Waals surface area (Å²) < 4.78 is 0. The van der Waals surface area contributed by atoms with Crippen molar-refractivity contribution in [3.8, 4) is 0 Å². The summed E-state index contributed by atoms with van der Waals surface area (Å²) in [6.07, 6.45) is 6.73. The number of hydrogen-bond donors (Lipinski definition) is 1. The van der Waals surface area contributed by atoms with Gasteiger partial charge >= 0.3 is 5.97 Å². The summed E-state index contributed by atoms with van der Waals surface area (Å²) in [6, 6.07) is 17.8. The Hall–Kier alpha value is -2.04. The average Bonchev–Trinajstić information content (AvgIpc) is 2.93. The number of thioether (sulfide) groups is 1. The fraction of sp³-hybridized carbons (Fsp3) is 0.423. The van der Waals surface area contributed by atoms with E-state index in [1.54, 1.807) is 5.57 Å². The Bertz CT molecular complexity index is 861. The first-order valence-corrected chi connectivity index (χ1v) is 12.2. The third-order valence-corrected chi connectivity index (χ3v) is 7.38. The van der Waals surface area contributed by atoms with Crippen LogP contribution in [-0.4, -0.2) is 35.6 Å². The van der Waals surface area contributed by atoms with E-state index in [9.17, 15) is 4.79 Å². The molecule has 2 aliphatic heterocycles. The Labute approximate surface area is 184 Å². The molecule has 4 rings (SSSR count). The molecule has 2 heterocycles. The summed E-state index contributed by atoms with van der Waals surface area (Å²) in [4.78, 5) is 14.6. The van der Waals surface area contributed by atoms with Gasteiger partial charge in [-0.1, -0.05) is 60.9 Å². The van der Waals surface area contributed by atoms with E-state index >= 15 is 0 Å². The van der Waals surface area contributed by atoms with Crippen LogP contribution in [0.4, 0.5) is 0 Å². The van der Waals surface area contributed by atoms with Gasteiger partial charge in [-0.15, -0.1) is 11.8 Å². The number of unbranched alkanes of at least 4 members (excludes halogenated alkanes) is 3. The van der Waals surface area contributed by atoms with Gasteiger partial charge in [-0.2, -0.15) is 0 Å². The van der Waals surface area contributed by atoms with Crippen molar-refractivity contribution in [1.82, 2.24) is 4.90 Å². The van der Waals surface area contributed by atoms with Crippen molar-refractivity contribution in [3.63, 3.8) is 0 Å². The minimum absolute atomic E-state index is 0.307. The Kier molecular flexibility index (Phi) is 7.29. The molecule has 0 radical (unpaired) electrons. The van der Waals surface area contributed by atoms with E-state index < -0.39 is 5.97 Å². The lowest BCUT2D eigenvalue weighted by molar-refractivity contribution is -0.137. The molecule has 0 amide bonds. The van der Waals surface area contributed by atoms with E-state index in [0.29, 0.717) is 6.42 Å². The van der Waals surface area contributed by atoms with E-state index in [2.05, 4.69) is 53.4 Å². The van der Waals surface area contributed by atoms with Crippen LogP contribution in [0.5, 0.6) is 0 Å². The number of carboxylic acid groups (broad SMARTS) is 1. The van der Waals surface area contributed by atoms with E-state index in [1.165, 1.54) is 33.6 Å². The molecule has 158 valence electrons. The van der Waals surface area contributed by atoms with E-state index in [1.807, 2.05) is 11.8 Å². The minimum atomic E-state index is -0.674. The monoisotopic (exact) mass is 421 g/mol. The largest absolute Gasteiger partial charge is 0.481 e. The topological polar surface area (TPSA) is 40.5 Å². The zero-order chi connectivity index (χ0) is 20.8. The molecular weight excluding hydrogens is 390 g/mol. The number of aliphatic carboxylic acids is 1. The zero-order valence-corrected chi connectivity index (χ0v) is 18.4. The smallest absolute Gasteiger partial charge is 0.303 e. The summed E-state index contributed by atoms with van der Waals surface area (Å²) in [5.74, 6) is 0.365. The van der Waals surface area contributed by atoms with Gasteiger partial charge in [0.2, 0.25) is 0 Å². The van der Waals surface area contributed by atoms with Crippen molar-refractivity contribution < 1.29 is 9.90 Å². The third-order valence-electron chi connectivity index (χ3n) is 6.25. The van der Waals surface area contributed by atoms with Crippen LogP contribution in [-0.2, 0) is 10.5 Å². The predicted octanol–water partition coefficient (Wildman–Crippen LogP) is 6.23. The van der Waals surface area contributed by atoms with E-state index in [4.69, 9.17) is 5.11 Å². The molecule has 0 aliphatic carbocycles. The molecule has 30 heavy (non-hydrogen) atoms. The fourth-order valence-electron chi connectivity index (χ4n) is 4.63. The van der Waals surface area contributed by atoms with E-state index in [-0.39, 0.29) is 0 Å². The number of nitrogens with zero attached hydrogens (tertiary/aromatic N) is 1. The molecule has 0 atom stereocenters. The lowest BCUT2D eigenvalue weighted by Crippen LogP contribution is -2.32. The maximum atomic E-state index is 10.6. The van der Waals surface area contributed by atoms with Crippen molar-refractivity contribution >= 4 is 23.3 Å². The lowest BCUT2D eigenvalue weighted by atomic mass is 9.86.